The molecule has 0 aromatic carbocycles. The van der Waals surface area contributed by atoms with Gasteiger partial charge >= 0.3 is 0 Å². The summed E-state index contributed by atoms with van der Waals surface area (Å²) in [4.78, 5) is 20.5. The largest absolute Gasteiger partial charge is 0.301 e. The Morgan fingerprint density at radius 1 is 1.21 bits per heavy atom. The second kappa shape index (κ2) is 10.8. The molecule has 0 amide bonds. The van der Waals surface area contributed by atoms with Crippen molar-refractivity contribution in [3.63, 3.8) is 0 Å². The number of carbonyl (C=O) groups excluding carboxylic acids is 1. The van der Waals surface area contributed by atoms with E-state index in [0.29, 0.717) is 5.78 Å². The second-order valence-electron chi connectivity index (χ2n) is 6.56. The molecule has 0 spiro atoms. The third kappa shape index (κ3) is 7.26. The van der Waals surface area contributed by atoms with Crippen molar-refractivity contribution in [3.8, 4) is 11.8 Å². The molecule has 0 aliphatic carbocycles. The Labute approximate surface area is 148 Å². The van der Waals surface area contributed by atoms with Crippen LogP contribution < -0.4 is 0 Å². The van der Waals surface area contributed by atoms with Crippen LogP contribution in [-0.4, -0.2) is 66.8 Å². The number of rotatable bonds is 7. The Hall–Kier alpha value is -1.01. The Bertz CT molecular complexity index is 537. The molecule has 0 N–H and O–H groups in total. The first-order chi connectivity index (χ1) is 11.6. The summed E-state index contributed by atoms with van der Waals surface area (Å²) >= 11 is 0. The highest BCUT2D eigenvalue weighted by atomic mass is 31.1. The molecule has 4 nitrogen and oxygen atoms in total. The summed E-state index contributed by atoms with van der Waals surface area (Å²) in [5, 5.41) is 0. The van der Waals surface area contributed by atoms with E-state index < -0.39 is 0 Å². The summed E-state index contributed by atoms with van der Waals surface area (Å²) < 4.78 is 0. The molecule has 0 aromatic heterocycles. The van der Waals surface area contributed by atoms with Crippen LogP contribution in [-0.2, 0) is 4.79 Å². The summed E-state index contributed by atoms with van der Waals surface area (Å²) in [5.74, 6) is 9.13. The molecule has 132 valence electrons. The first kappa shape index (κ1) is 19.3. The van der Waals surface area contributed by atoms with E-state index in [1.54, 1.807) is 6.92 Å². The van der Waals surface area contributed by atoms with Crippen LogP contribution in [0, 0.1) is 11.8 Å². The molecule has 2 rings (SSSR count). The van der Waals surface area contributed by atoms with Gasteiger partial charge in [-0.3, -0.25) is 4.99 Å². The van der Waals surface area contributed by atoms with Gasteiger partial charge in [0.15, 0.2) is 0 Å². The number of ketones is 1. The molecule has 2 heterocycles. The lowest BCUT2D eigenvalue weighted by Crippen LogP contribution is -2.46. The van der Waals surface area contributed by atoms with Crippen molar-refractivity contribution in [1.29, 1.82) is 0 Å². The van der Waals surface area contributed by atoms with Crippen LogP contribution in [0.15, 0.2) is 16.4 Å². The highest BCUT2D eigenvalue weighted by Crippen LogP contribution is 2.20. The first-order valence-electron chi connectivity index (χ1n) is 9.03. The molecule has 1 unspecified atom stereocenters. The van der Waals surface area contributed by atoms with E-state index in [2.05, 4.69) is 39.4 Å². The normalized spacial score (nSPS) is 20.2. The lowest BCUT2D eigenvalue weighted by Gasteiger charge is -2.34. The molecule has 2 aliphatic heterocycles. The predicted molar refractivity (Wildman–Crippen MR) is 104 cm³/mol. The van der Waals surface area contributed by atoms with Crippen molar-refractivity contribution in [1.82, 2.24) is 9.80 Å². The van der Waals surface area contributed by atoms with E-state index >= 15 is 0 Å². The lowest BCUT2D eigenvalue weighted by molar-refractivity contribution is -0.117. The van der Waals surface area contributed by atoms with Gasteiger partial charge < -0.3 is 14.6 Å². The number of hydrogen-bond acceptors (Lipinski definition) is 4. The average Bonchev–Trinajstić information content (AvgIpc) is 2.57. The minimum Gasteiger partial charge on any atom is -0.301 e. The SMILES string of the molecule is CC(=O)CCCN1CCN(CCCC#CC2=CPCN=C2C)CC1. The van der Waals surface area contributed by atoms with Gasteiger partial charge in [0.05, 0.1) is 6.29 Å². The molecule has 1 atom stereocenters. The Morgan fingerprint density at radius 3 is 2.50 bits per heavy atom. The van der Waals surface area contributed by atoms with E-state index in [9.17, 15) is 4.79 Å². The van der Waals surface area contributed by atoms with Gasteiger partial charge in [-0.05, 0) is 45.6 Å². The third-order valence-electron chi connectivity index (χ3n) is 4.51. The van der Waals surface area contributed by atoms with Crippen LogP contribution >= 0.6 is 8.58 Å². The van der Waals surface area contributed by atoms with Crippen molar-refractivity contribution in [2.75, 3.05) is 45.6 Å². The van der Waals surface area contributed by atoms with Crippen LogP contribution in [0.4, 0.5) is 0 Å². The number of hydrogen-bond donors (Lipinski definition) is 0. The van der Waals surface area contributed by atoms with Gasteiger partial charge in [-0.2, -0.15) is 0 Å². The molecule has 5 heteroatoms. The van der Waals surface area contributed by atoms with Gasteiger partial charge in [0.25, 0.3) is 0 Å². The molecule has 2 aliphatic rings. The smallest absolute Gasteiger partial charge is 0.129 e. The maximum absolute atomic E-state index is 11.0. The van der Waals surface area contributed by atoms with Crippen molar-refractivity contribution >= 4 is 20.1 Å². The zero-order valence-electron chi connectivity index (χ0n) is 15.1. The number of Topliss-reactive ketones (excluding diaryl/α,β-unsaturated/α-hetero) is 1. The Balaban J connectivity index is 1.56. The number of aliphatic imine (C=N–C) groups is 1. The van der Waals surface area contributed by atoms with Crippen LogP contribution in [0.1, 0.15) is 39.5 Å². The van der Waals surface area contributed by atoms with Crippen LogP contribution in [0.5, 0.6) is 0 Å². The van der Waals surface area contributed by atoms with Crippen molar-refractivity contribution in [2.24, 2.45) is 4.99 Å². The summed E-state index contributed by atoms with van der Waals surface area (Å²) in [6.07, 6.45) is 4.78. The summed E-state index contributed by atoms with van der Waals surface area (Å²) in [7, 11) is 0.795. The van der Waals surface area contributed by atoms with Gasteiger partial charge in [-0.15, -0.1) is 0 Å². The number of nitrogens with zero attached hydrogens (tertiary/aromatic N) is 3. The van der Waals surface area contributed by atoms with E-state index in [4.69, 9.17) is 0 Å². The van der Waals surface area contributed by atoms with Crippen molar-refractivity contribution < 1.29 is 4.79 Å². The van der Waals surface area contributed by atoms with E-state index in [0.717, 1.165) is 91.1 Å². The maximum atomic E-state index is 11.0. The zero-order valence-corrected chi connectivity index (χ0v) is 16.1. The first-order valence-corrected chi connectivity index (χ1v) is 10.3. The molecule has 0 bridgehead atoms. The van der Waals surface area contributed by atoms with Crippen LogP contribution in [0.2, 0.25) is 0 Å². The fourth-order valence-corrected chi connectivity index (χ4v) is 3.87. The number of piperazine rings is 1. The van der Waals surface area contributed by atoms with E-state index in [1.807, 2.05) is 0 Å². The molecule has 1 fully saturated rings. The molecule has 24 heavy (non-hydrogen) atoms. The average molecular weight is 347 g/mol. The topological polar surface area (TPSA) is 35.9 Å². The van der Waals surface area contributed by atoms with Crippen molar-refractivity contribution in [3.05, 3.63) is 11.4 Å². The number of unbranched alkanes of at least 4 members (excludes halogenated alkanes) is 1. The second-order valence-corrected chi connectivity index (χ2v) is 7.57. The number of allylic oxidation sites excluding steroid dienone is 1. The molecule has 0 radical (unpaired) electrons. The van der Waals surface area contributed by atoms with Gasteiger partial charge in [0.1, 0.15) is 5.78 Å². The zero-order chi connectivity index (χ0) is 17.2. The van der Waals surface area contributed by atoms with Crippen LogP contribution in [0.3, 0.4) is 0 Å². The predicted octanol–water partition coefficient (Wildman–Crippen LogP) is 2.75. The Morgan fingerprint density at radius 2 is 1.88 bits per heavy atom. The lowest BCUT2D eigenvalue weighted by atomic mass is 10.2. The maximum Gasteiger partial charge on any atom is 0.129 e. The molecule has 0 saturated carbocycles. The van der Waals surface area contributed by atoms with Crippen molar-refractivity contribution in [2.45, 2.75) is 39.5 Å². The van der Waals surface area contributed by atoms with E-state index in [-0.39, 0.29) is 0 Å². The Kier molecular flexibility index (Phi) is 8.67. The quantitative estimate of drug-likeness (QED) is 0.404. The summed E-state index contributed by atoms with van der Waals surface area (Å²) in [6, 6.07) is 0. The third-order valence-corrected chi connectivity index (χ3v) is 5.34. The summed E-state index contributed by atoms with van der Waals surface area (Å²) in [5.41, 5.74) is 2.24. The summed E-state index contributed by atoms with van der Waals surface area (Å²) in [6.45, 7) is 10.5. The standard InChI is InChI=1S/C19H30N3OP/c1-17(23)7-6-10-22-13-11-21(12-14-22)9-5-3-4-8-19-15-24-16-20-18(19)2/h15,24H,3,5-7,9-14,16H2,1-2H3. The molecule has 1 saturated heterocycles. The van der Waals surface area contributed by atoms with Crippen LogP contribution in [0.25, 0.3) is 0 Å². The molecule has 0 aromatic rings. The van der Waals surface area contributed by atoms with Gasteiger partial charge in [-0.25, -0.2) is 0 Å². The van der Waals surface area contributed by atoms with E-state index in [1.165, 1.54) is 0 Å². The molecular formula is C19H30N3OP. The number of carbonyl (C=O) groups is 1. The molecular weight excluding hydrogens is 317 g/mol. The minimum atomic E-state index is 0.306. The van der Waals surface area contributed by atoms with Gasteiger partial charge in [0, 0.05) is 50.3 Å². The fraction of sp³-hybridized carbons (Fsp3) is 0.684. The van der Waals surface area contributed by atoms with Gasteiger partial charge in [0.2, 0.25) is 0 Å². The van der Waals surface area contributed by atoms with Gasteiger partial charge in [-0.1, -0.05) is 20.4 Å². The minimum absolute atomic E-state index is 0.306. The fourth-order valence-electron chi connectivity index (χ4n) is 2.96. The monoisotopic (exact) mass is 347 g/mol. The highest BCUT2D eigenvalue weighted by molar-refractivity contribution is 7.41. The highest BCUT2D eigenvalue weighted by Gasteiger charge is 2.15.